The topological polar surface area (TPSA) is 93.7 Å². The van der Waals surface area contributed by atoms with Crippen molar-refractivity contribution < 1.29 is 18.3 Å². The van der Waals surface area contributed by atoms with E-state index < -0.39 is 22.0 Å². The first-order valence-corrected chi connectivity index (χ1v) is 10.1. The standard InChI is InChI=1S/C15H18BrN3O4S/c1-24(22,23)19-6-4-18(5-7-19)14(15(20)21)12-9-17-13-8-10(16)2-3-11(12)13/h2-3,8-9,14,17H,4-7H2,1H3,(H,20,21). The molecule has 0 aliphatic carbocycles. The number of hydrogen-bond donors (Lipinski definition) is 2. The maximum atomic E-state index is 11.9. The predicted octanol–water partition coefficient (Wildman–Crippen LogP) is 1.63. The number of aromatic amines is 1. The van der Waals surface area contributed by atoms with Gasteiger partial charge in [0.2, 0.25) is 10.0 Å². The highest BCUT2D eigenvalue weighted by atomic mass is 79.9. The highest BCUT2D eigenvalue weighted by molar-refractivity contribution is 9.10. The molecule has 0 radical (unpaired) electrons. The number of fused-ring (bicyclic) bond motifs is 1. The van der Waals surface area contributed by atoms with Crippen LogP contribution in [0.2, 0.25) is 0 Å². The largest absolute Gasteiger partial charge is 0.480 e. The third-order valence-corrected chi connectivity index (χ3v) is 6.11. The molecule has 24 heavy (non-hydrogen) atoms. The number of sulfonamides is 1. The maximum Gasteiger partial charge on any atom is 0.325 e. The van der Waals surface area contributed by atoms with E-state index in [9.17, 15) is 18.3 Å². The Hall–Kier alpha value is -1.42. The minimum absolute atomic E-state index is 0.302. The number of nitrogens with one attached hydrogen (secondary N) is 1. The lowest BCUT2D eigenvalue weighted by Crippen LogP contribution is -2.50. The van der Waals surface area contributed by atoms with Crippen molar-refractivity contribution in [2.75, 3.05) is 32.4 Å². The number of aliphatic carboxylic acids is 1. The molecular weight excluding hydrogens is 398 g/mol. The monoisotopic (exact) mass is 415 g/mol. The summed E-state index contributed by atoms with van der Waals surface area (Å²) in [6.07, 6.45) is 2.90. The van der Waals surface area contributed by atoms with Crippen molar-refractivity contribution in [3.05, 3.63) is 34.4 Å². The summed E-state index contributed by atoms with van der Waals surface area (Å²) in [5, 5.41) is 10.6. The zero-order valence-corrected chi connectivity index (χ0v) is 15.5. The Bertz CT molecular complexity index is 872. The molecule has 3 rings (SSSR count). The molecule has 2 aromatic rings. The fourth-order valence-electron chi connectivity index (χ4n) is 3.13. The number of H-pyrrole nitrogens is 1. The minimum atomic E-state index is -3.24. The molecular formula is C15H18BrN3O4S. The SMILES string of the molecule is CS(=O)(=O)N1CCN(C(C(=O)O)c2c[nH]c3cc(Br)ccc23)CC1. The molecule has 1 fully saturated rings. The van der Waals surface area contributed by atoms with E-state index in [2.05, 4.69) is 20.9 Å². The molecule has 9 heteroatoms. The van der Waals surface area contributed by atoms with Crippen LogP contribution >= 0.6 is 15.9 Å². The summed E-state index contributed by atoms with van der Waals surface area (Å²) in [5.41, 5.74) is 1.55. The van der Waals surface area contributed by atoms with Gasteiger partial charge in [-0.05, 0) is 12.1 Å². The smallest absolute Gasteiger partial charge is 0.325 e. The van der Waals surface area contributed by atoms with Gasteiger partial charge in [-0.3, -0.25) is 9.69 Å². The van der Waals surface area contributed by atoms with Crippen LogP contribution in [0.3, 0.4) is 0 Å². The summed E-state index contributed by atoms with van der Waals surface area (Å²) in [6, 6.07) is 4.86. The summed E-state index contributed by atoms with van der Waals surface area (Å²) in [6.45, 7) is 1.37. The Morgan fingerprint density at radius 2 is 1.96 bits per heavy atom. The molecule has 130 valence electrons. The summed E-state index contributed by atoms with van der Waals surface area (Å²) in [5.74, 6) is -0.938. The number of carboxylic acid groups (broad SMARTS) is 1. The third-order valence-electron chi connectivity index (χ3n) is 4.31. The van der Waals surface area contributed by atoms with Gasteiger partial charge in [0.25, 0.3) is 0 Å². The van der Waals surface area contributed by atoms with E-state index in [1.807, 2.05) is 23.1 Å². The van der Waals surface area contributed by atoms with Crippen LogP contribution in [0.5, 0.6) is 0 Å². The van der Waals surface area contributed by atoms with Crippen LogP contribution in [0.4, 0.5) is 0 Å². The second-order valence-electron chi connectivity index (χ2n) is 5.87. The van der Waals surface area contributed by atoms with E-state index in [1.165, 1.54) is 10.6 Å². The van der Waals surface area contributed by atoms with Crippen LogP contribution in [0.15, 0.2) is 28.9 Å². The van der Waals surface area contributed by atoms with Crippen molar-refractivity contribution in [2.24, 2.45) is 0 Å². The van der Waals surface area contributed by atoms with Crippen molar-refractivity contribution in [1.29, 1.82) is 0 Å². The lowest BCUT2D eigenvalue weighted by molar-refractivity contribution is -0.144. The lowest BCUT2D eigenvalue weighted by atomic mass is 10.0. The van der Waals surface area contributed by atoms with Gasteiger partial charge in [0.15, 0.2) is 0 Å². The molecule has 0 spiro atoms. The number of benzene rings is 1. The van der Waals surface area contributed by atoms with Gasteiger partial charge in [-0.15, -0.1) is 0 Å². The molecule has 0 saturated carbocycles. The molecule has 2 N–H and O–H groups in total. The zero-order chi connectivity index (χ0) is 17.5. The van der Waals surface area contributed by atoms with E-state index in [4.69, 9.17) is 0 Å². The molecule has 1 aromatic heterocycles. The van der Waals surface area contributed by atoms with Crippen LogP contribution in [0, 0.1) is 0 Å². The van der Waals surface area contributed by atoms with Gasteiger partial charge in [-0.2, -0.15) is 4.31 Å². The number of nitrogens with zero attached hydrogens (tertiary/aromatic N) is 2. The Labute approximate surface area is 148 Å². The molecule has 1 saturated heterocycles. The fraction of sp³-hybridized carbons (Fsp3) is 0.400. The quantitative estimate of drug-likeness (QED) is 0.791. The van der Waals surface area contributed by atoms with E-state index in [0.29, 0.717) is 31.7 Å². The van der Waals surface area contributed by atoms with Crippen LogP contribution in [0.25, 0.3) is 10.9 Å². The first-order valence-electron chi connectivity index (χ1n) is 7.46. The molecule has 1 aliphatic rings. The first-order chi connectivity index (χ1) is 11.3. The highest BCUT2D eigenvalue weighted by Crippen LogP contribution is 2.31. The third kappa shape index (κ3) is 3.34. The molecule has 1 unspecified atom stereocenters. The van der Waals surface area contributed by atoms with E-state index >= 15 is 0 Å². The molecule has 1 atom stereocenters. The van der Waals surface area contributed by atoms with Crippen LogP contribution in [-0.4, -0.2) is 66.1 Å². The Balaban J connectivity index is 1.89. The molecule has 1 aliphatic heterocycles. The van der Waals surface area contributed by atoms with E-state index in [-0.39, 0.29) is 0 Å². The lowest BCUT2D eigenvalue weighted by Gasteiger charge is -2.36. The summed E-state index contributed by atoms with van der Waals surface area (Å²) in [7, 11) is -3.24. The number of carboxylic acids is 1. The number of aromatic nitrogens is 1. The molecule has 1 aromatic carbocycles. The minimum Gasteiger partial charge on any atom is -0.480 e. The summed E-state index contributed by atoms with van der Waals surface area (Å²) in [4.78, 5) is 16.8. The molecule has 0 bridgehead atoms. The number of piperazine rings is 1. The molecule has 2 heterocycles. The number of carbonyl (C=O) groups is 1. The first kappa shape index (κ1) is 17.4. The van der Waals surface area contributed by atoms with E-state index in [1.54, 1.807) is 6.20 Å². The van der Waals surface area contributed by atoms with Crippen molar-refractivity contribution in [2.45, 2.75) is 6.04 Å². The van der Waals surface area contributed by atoms with E-state index in [0.717, 1.165) is 15.4 Å². The number of hydrogen-bond acceptors (Lipinski definition) is 4. The van der Waals surface area contributed by atoms with Crippen LogP contribution in [0.1, 0.15) is 11.6 Å². The zero-order valence-electron chi connectivity index (χ0n) is 13.1. The average Bonchev–Trinajstić information content (AvgIpc) is 2.89. The van der Waals surface area contributed by atoms with Gasteiger partial charge in [0, 0.05) is 53.3 Å². The van der Waals surface area contributed by atoms with Crippen molar-refractivity contribution >= 4 is 42.8 Å². The number of halogens is 1. The van der Waals surface area contributed by atoms with Gasteiger partial charge >= 0.3 is 5.97 Å². The van der Waals surface area contributed by atoms with Gasteiger partial charge < -0.3 is 10.1 Å². The Morgan fingerprint density at radius 3 is 2.54 bits per heavy atom. The maximum absolute atomic E-state index is 11.9. The second-order valence-corrected chi connectivity index (χ2v) is 8.77. The van der Waals surface area contributed by atoms with Crippen LogP contribution in [-0.2, 0) is 14.8 Å². The van der Waals surface area contributed by atoms with Gasteiger partial charge in [-0.1, -0.05) is 22.0 Å². The van der Waals surface area contributed by atoms with Crippen molar-refractivity contribution in [3.8, 4) is 0 Å². The average molecular weight is 416 g/mol. The Kier molecular flexibility index (Phi) is 4.69. The Morgan fingerprint density at radius 1 is 1.29 bits per heavy atom. The number of rotatable bonds is 4. The molecule has 7 nitrogen and oxygen atoms in total. The fourth-order valence-corrected chi connectivity index (χ4v) is 4.31. The summed E-state index contributed by atoms with van der Waals surface area (Å²) >= 11 is 3.40. The highest BCUT2D eigenvalue weighted by Gasteiger charge is 2.33. The predicted molar refractivity (Wildman–Crippen MR) is 94.4 cm³/mol. The van der Waals surface area contributed by atoms with Crippen molar-refractivity contribution in [3.63, 3.8) is 0 Å². The van der Waals surface area contributed by atoms with Crippen molar-refractivity contribution in [1.82, 2.24) is 14.2 Å². The normalized spacial score (nSPS) is 18.8. The summed E-state index contributed by atoms with van der Waals surface area (Å²) < 4.78 is 25.5. The van der Waals surface area contributed by atoms with Crippen LogP contribution < -0.4 is 0 Å². The van der Waals surface area contributed by atoms with Gasteiger partial charge in [-0.25, -0.2) is 8.42 Å². The molecule has 0 amide bonds. The van der Waals surface area contributed by atoms with Gasteiger partial charge in [0.05, 0.1) is 6.26 Å². The second kappa shape index (κ2) is 6.47. The van der Waals surface area contributed by atoms with Gasteiger partial charge in [0.1, 0.15) is 6.04 Å².